The van der Waals surface area contributed by atoms with E-state index in [0.717, 1.165) is 6.07 Å². The minimum absolute atomic E-state index is 0.0766. The molecule has 0 radical (unpaired) electrons. The van der Waals surface area contributed by atoms with E-state index in [0.29, 0.717) is 4.47 Å². The van der Waals surface area contributed by atoms with E-state index in [-0.39, 0.29) is 12.4 Å². The van der Waals surface area contributed by atoms with Gasteiger partial charge in [0.1, 0.15) is 6.61 Å². The fraction of sp³-hybridized carbons (Fsp3) is 0.333. The molecular weight excluding hydrogens is 258 g/mol. The van der Waals surface area contributed by atoms with Crippen LogP contribution in [-0.2, 0) is 0 Å². The van der Waals surface area contributed by atoms with Crippen LogP contribution >= 0.6 is 15.9 Å². The van der Waals surface area contributed by atoms with Gasteiger partial charge in [-0.05, 0) is 19.1 Å². The highest BCUT2D eigenvalue weighted by molar-refractivity contribution is 9.10. The van der Waals surface area contributed by atoms with Gasteiger partial charge in [-0.25, -0.2) is 4.39 Å². The van der Waals surface area contributed by atoms with Gasteiger partial charge in [-0.2, -0.15) is 4.39 Å². The fourth-order valence-electron chi connectivity index (χ4n) is 0.848. The first kappa shape index (κ1) is 11.4. The van der Waals surface area contributed by atoms with Crippen LogP contribution in [0.2, 0.25) is 0 Å². The van der Waals surface area contributed by atoms with Crippen molar-refractivity contribution in [3.05, 3.63) is 28.2 Å². The topological polar surface area (TPSA) is 29.5 Å². The monoisotopic (exact) mass is 266 g/mol. The third kappa shape index (κ3) is 2.92. The minimum Gasteiger partial charge on any atom is -0.488 e. The smallest absolute Gasteiger partial charge is 0.200 e. The Bertz CT molecular complexity index is 329. The molecule has 1 N–H and O–H groups in total. The van der Waals surface area contributed by atoms with Crippen molar-refractivity contribution < 1.29 is 18.6 Å². The van der Waals surface area contributed by atoms with E-state index >= 15 is 0 Å². The highest BCUT2D eigenvalue weighted by Crippen LogP contribution is 2.25. The molecule has 5 heteroatoms. The number of aliphatic hydroxyl groups is 1. The molecule has 0 aromatic heterocycles. The van der Waals surface area contributed by atoms with E-state index in [1.165, 1.54) is 13.0 Å². The first-order valence-corrected chi connectivity index (χ1v) is 4.75. The van der Waals surface area contributed by atoms with Gasteiger partial charge in [-0.1, -0.05) is 15.9 Å². The number of hydrogen-bond acceptors (Lipinski definition) is 2. The summed E-state index contributed by atoms with van der Waals surface area (Å²) in [5.41, 5.74) is 0. The Morgan fingerprint density at radius 3 is 2.71 bits per heavy atom. The Morgan fingerprint density at radius 2 is 2.14 bits per heavy atom. The van der Waals surface area contributed by atoms with Crippen molar-refractivity contribution >= 4 is 15.9 Å². The van der Waals surface area contributed by atoms with Gasteiger partial charge in [0.2, 0.25) is 5.82 Å². The Morgan fingerprint density at radius 1 is 1.50 bits per heavy atom. The molecule has 0 heterocycles. The average Bonchev–Trinajstić information content (AvgIpc) is 2.08. The van der Waals surface area contributed by atoms with Gasteiger partial charge in [0, 0.05) is 4.47 Å². The van der Waals surface area contributed by atoms with Crippen LogP contribution in [-0.4, -0.2) is 17.8 Å². The number of rotatable bonds is 3. The van der Waals surface area contributed by atoms with E-state index < -0.39 is 17.7 Å². The maximum Gasteiger partial charge on any atom is 0.200 e. The van der Waals surface area contributed by atoms with Crippen molar-refractivity contribution in [2.24, 2.45) is 0 Å². The SMILES string of the molecule is C[C@H](O)COc1cc(Br)cc(F)c1F. The molecule has 0 unspecified atom stereocenters. The first-order valence-electron chi connectivity index (χ1n) is 3.96. The van der Waals surface area contributed by atoms with E-state index in [1.54, 1.807) is 0 Å². The first-order chi connectivity index (χ1) is 6.50. The van der Waals surface area contributed by atoms with Gasteiger partial charge in [-0.3, -0.25) is 0 Å². The second-order valence-electron chi connectivity index (χ2n) is 2.86. The summed E-state index contributed by atoms with van der Waals surface area (Å²) in [7, 11) is 0. The molecule has 1 aromatic carbocycles. The summed E-state index contributed by atoms with van der Waals surface area (Å²) in [5.74, 6) is -2.24. The zero-order chi connectivity index (χ0) is 10.7. The number of hydrogen-bond donors (Lipinski definition) is 1. The lowest BCUT2D eigenvalue weighted by Gasteiger charge is -2.09. The van der Waals surface area contributed by atoms with Gasteiger partial charge in [-0.15, -0.1) is 0 Å². The van der Waals surface area contributed by atoms with Gasteiger partial charge in [0.25, 0.3) is 0 Å². The number of ether oxygens (including phenoxy) is 1. The molecule has 1 atom stereocenters. The van der Waals surface area contributed by atoms with Crippen molar-refractivity contribution in [1.29, 1.82) is 0 Å². The Kier molecular flexibility index (Phi) is 3.83. The number of halogens is 3. The molecule has 0 bridgehead atoms. The second kappa shape index (κ2) is 4.70. The van der Waals surface area contributed by atoms with Crippen molar-refractivity contribution in [3.63, 3.8) is 0 Å². The molecule has 0 fully saturated rings. The second-order valence-corrected chi connectivity index (χ2v) is 3.78. The standard InChI is InChI=1S/C9H9BrF2O2/c1-5(13)4-14-8-3-6(10)2-7(11)9(8)12/h2-3,5,13H,4H2,1H3/t5-/m0/s1. The Hall–Kier alpha value is -0.680. The van der Waals surface area contributed by atoms with Gasteiger partial charge in [0.15, 0.2) is 11.6 Å². The summed E-state index contributed by atoms with van der Waals surface area (Å²) in [5, 5.41) is 8.89. The lowest BCUT2D eigenvalue weighted by atomic mass is 10.3. The summed E-state index contributed by atoms with van der Waals surface area (Å²) in [6, 6.07) is 2.31. The molecular formula is C9H9BrF2O2. The van der Waals surface area contributed by atoms with Crippen LogP contribution in [0, 0.1) is 11.6 Å². The van der Waals surface area contributed by atoms with Gasteiger partial charge in [0.05, 0.1) is 6.10 Å². The number of aliphatic hydroxyl groups excluding tert-OH is 1. The summed E-state index contributed by atoms with van der Waals surface area (Å²) in [6.07, 6.45) is -0.726. The maximum atomic E-state index is 13.0. The number of benzene rings is 1. The quantitative estimate of drug-likeness (QED) is 0.852. The molecule has 2 nitrogen and oxygen atoms in total. The molecule has 0 saturated heterocycles. The molecule has 1 rings (SSSR count). The summed E-state index contributed by atoms with van der Waals surface area (Å²) < 4.78 is 31.1. The molecule has 1 aromatic rings. The predicted molar refractivity (Wildman–Crippen MR) is 51.2 cm³/mol. The molecule has 0 aliphatic rings. The van der Waals surface area contributed by atoms with Gasteiger partial charge < -0.3 is 9.84 Å². The van der Waals surface area contributed by atoms with E-state index in [1.807, 2.05) is 0 Å². The van der Waals surface area contributed by atoms with Crippen LogP contribution in [0.1, 0.15) is 6.92 Å². The van der Waals surface area contributed by atoms with Crippen molar-refractivity contribution in [2.45, 2.75) is 13.0 Å². The van der Waals surface area contributed by atoms with Crippen LogP contribution in [0.4, 0.5) is 8.78 Å². The minimum atomic E-state index is -1.05. The average molecular weight is 267 g/mol. The van der Waals surface area contributed by atoms with E-state index in [9.17, 15) is 8.78 Å². The largest absolute Gasteiger partial charge is 0.488 e. The fourth-order valence-corrected chi connectivity index (χ4v) is 1.26. The third-order valence-corrected chi connectivity index (χ3v) is 1.90. The van der Waals surface area contributed by atoms with Crippen LogP contribution in [0.3, 0.4) is 0 Å². The lowest BCUT2D eigenvalue weighted by molar-refractivity contribution is 0.119. The normalized spacial score (nSPS) is 12.6. The summed E-state index contributed by atoms with van der Waals surface area (Å²) in [4.78, 5) is 0. The van der Waals surface area contributed by atoms with E-state index in [2.05, 4.69) is 15.9 Å². The zero-order valence-electron chi connectivity index (χ0n) is 7.43. The zero-order valence-corrected chi connectivity index (χ0v) is 9.01. The summed E-state index contributed by atoms with van der Waals surface area (Å²) in [6.45, 7) is 1.42. The van der Waals surface area contributed by atoms with Crippen LogP contribution < -0.4 is 4.74 Å². The predicted octanol–water partition coefficient (Wildman–Crippen LogP) is 2.49. The molecule has 14 heavy (non-hydrogen) atoms. The Balaban J connectivity index is 2.85. The highest BCUT2D eigenvalue weighted by Gasteiger charge is 2.11. The van der Waals surface area contributed by atoms with Crippen LogP contribution in [0.5, 0.6) is 5.75 Å². The molecule has 0 saturated carbocycles. The third-order valence-electron chi connectivity index (χ3n) is 1.44. The van der Waals surface area contributed by atoms with Crippen molar-refractivity contribution in [1.82, 2.24) is 0 Å². The molecule has 0 amide bonds. The molecule has 0 aliphatic heterocycles. The summed E-state index contributed by atoms with van der Waals surface area (Å²) >= 11 is 3.00. The van der Waals surface area contributed by atoms with Crippen molar-refractivity contribution in [2.75, 3.05) is 6.61 Å². The lowest BCUT2D eigenvalue weighted by Crippen LogP contribution is -2.13. The van der Waals surface area contributed by atoms with Crippen LogP contribution in [0.25, 0.3) is 0 Å². The molecule has 0 aliphatic carbocycles. The molecule has 78 valence electrons. The molecule has 0 spiro atoms. The maximum absolute atomic E-state index is 13.0. The van der Waals surface area contributed by atoms with E-state index in [4.69, 9.17) is 9.84 Å². The highest BCUT2D eigenvalue weighted by atomic mass is 79.9. The Labute approximate surface area is 88.6 Å². The van der Waals surface area contributed by atoms with Crippen molar-refractivity contribution in [3.8, 4) is 5.75 Å². The van der Waals surface area contributed by atoms with Crippen LogP contribution in [0.15, 0.2) is 16.6 Å². The van der Waals surface area contributed by atoms with Gasteiger partial charge >= 0.3 is 0 Å².